The van der Waals surface area contributed by atoms with E-state index in [0.717, 1.165) is 0 Å². The van der Waals surface area contributed by atoms with Gasteiger partial charge in [-0.05, 0) is 0 Å². The van der Waals surface area contributed by atoms with Crippen LogP contribution in [0.2, 0.25) is 0 Å². The number of alkyl halides is 3. The molecule has 0 aromatic heterocycles. The van der Waals surface area contributed by atoms with Gasteiger partial charge in [-0.15, -0.1) is 0 Å². The highest BCUT2D eigenvalue weighted by Crippen LogP contribution is 2.29. The Hall–Kier alpha value is 0.550. The Balaban J connectivity index is 2.38. The summed E-state index contributed by atoms with van der Waals surface area (Å²) in [5.74, 6) is -2.56. The van der Waals surface area contributed by atoms with E-state index in [0.29, 0.717) is 4.43 Å². The zero-order chi connectivity index (χ0) is 6.91. The summed E-state index contributed by atoms with van der Waals surface area (Å²) in [6.07, 6.45) is -0.323. The van der Waals surface area contributed by atoms with E-state index in [-0.39, 0.29) is 19.1 Å². The number of ether oxygens (including phenoxy) is 1. The molecule has 1 atom stereocenters. The first kappa shape index (κ1) is 7.65. The molecule has 1 heterocycles. The Morgan fingerprint density at radius 2 is 2.33 bits per heavy atom. The molecule has 1 unspecified atom stereocenters. The lowest BCUT2D eigenvalue weighted by Gasteiger charge is -2.02. The lowest BCUT2D eigenvalue weighted by atomic mass is 10.2. The lowest BCUT2D eigenvalue weighted by molar-refractivity contribution is -0.00928. The van der Waals surface area contributed by atoms with Crippen LogP contribution in [-0.2, 0) is 4.74 Å². The van der Waals surface area contributed by atoms with Crippen LogP contribution in [0.15, 0.2) is 0 Å². The molecule has 1 fully saturated rings. The number of hydrogen-bond donors (Lipinski definition) is 0. The standard InChI is InChI=1S/C5H7F2IO/c6-5(7)1-4(2-8)9-3-5/h4H,1-3H2. The van der Waals surface area contributed by atoms with E-state index < -0.39 is 5.92 Å². The molecule has 0 aliphatic carbocycles. The third-order valence-corrected chi connectivity index (χ3v) is 2.21. The molecule has 1 saturated heterocycles. The highest BCUT2D eigenvalue weighted by Gasteiger charge is 2.39. The van der Waals surface area contributed by atoms with E-state index >= 15 is 0 Å². The first-order chi connectivity index (χ1) is 4.14. The van der Waals surface area contributed by atoms with Crippen molar-refractivity contribution >= 4 is 22.6 Å². The highest BCUT2D eigenvalue weighted by molar-refractivity contribution is 14.1. The summed E-state index contributed by atoms with van der Waals surface area (Å²) in [7, 11) is 0. The molecule has 0 amide bonds. The summed E-state index contributed by atoms with van der Waals surface area (Å²) >= 11 is 2.05. The molecule has 0 radical (unpaired) electrons. The highest BCUT2D eigenvalue weighted by atomic mass is 127. The van der Waals surface area contributed by atoms with Crippen LogP contribution in [0.3, 0.4) is 0 Å². The van der Waals surface area contributed by atoms with Crippen molar-refractivity contribution in [1.82, 2.24) is 0 Å². The average molecular weight is 248 g/mol. The fraction of sp³-hybridized carbons (Fsp3) is 1.00. The average Bonchev–Trinajstić information content (AvgIpc) is 2.10. The molecule has 0 aromatic carbocycles. The second-order valence-corrected chi connectivity index (χ2v) is 3.03. The van der Waals surface area contributed by atoms with Gasteiger partial charge in [-0.1, -0.05) is 22.6 Å². The first-order valence-corrected chi connectivity index (χ1v) is 4.22. The predicted octanol–water partition coefficient (Wildman–Crippen LogP) is 1.85. The monoisotopic (exact) mass is 248 g/mol. The van der Waals surface area contributed by atoms with Crippen molar-refractivity contribution in [2.24, 2.45) is 0 Å². The van der Waals surface area contributed by atoms with Crippen molar-refractivity contribution in [3.8, 4) is 0 Å². The number of hydrogen-bond acceptors (Lipinski definition) is 1. The first-order valence-electron chi connectivity index (χ1n) is 2.69. The van der Waals surface area contributed by atoms with Crippen molar-refractivity contribution in [2.45, 2.75) is 18.4 Å². The summed E-state index contributed by atoms with van der Waals surface area (Å²) in [5, 5.41) is 0. The molecular weight excluding hydrogens is 241 g/mol. The van der Waals surface area contributed by atoms with Gasteiger partial charge in [0.25, 0.3) is 5.92 Å². The van der Waals surface area contributed by atoms with Crippen LogP contribution in [0.1, 0.15) is 6.42 Å². The third-order valence-electron chi connectivity index (χ3n) is 1.23. The van der Waals surface area contributed by atoms with Crippen molar-refractivity contribution in [2.75, 3.05) is 11.0 Å². The van der Waals surface area contributed by atoms with Crippen molar-refractivity contribution in [1.29, 1.82) is 0 Å². The van der Waals surface area contributed by atoms with Gasteiger partial charge in [0.2, 0.25) is 0 Å². The lowest BCUT2D eigenvalue weighted by Crippen LogP contribution is -2.15. The molecule has 1 aliphatic heterocycles. The summed E-state index contributed by atoms with van der Waals surface area (Å²) in [6.45, 7) is -0.388. The smallest absolute Gasteiger partial charge is 0.273 e. The molecule has 1 rings (SSSR count). The molecule has 4 heteroatoms. The van der Waals surface area contributed by atoms with Crippen LogP contribution < -0.4 is 0 Å². The molecule has 0 bridgehead atoms. The summed E-state index contributed by atoms with van der Waals surface area (Å²) < 4.78 is 29.9. The van der Waals surface area contributed by atoms with Crippen molar-refractivity contribution < 1.29 is 13.5 Å². The molecular formula is C5H7F2IO. The van der Waals surface area contributed by atoms with Gasteiger partial charge in [0, 0.05) is 10.8 Å². The SMILES string of the molecule is FC1(F)COC(CI)C1. The van der Waals surface area contributed by atoms with Gasteiger partial charge in [0.1, 0.15) is 6.61 Å². The van der Waals surface area contributed by atoms with Crippen molar-refractivity contribution in [3.05, 3.63) is 0 Å². The largest absolute Gasteiger partial charge is 0.371 e. The maximum Gasteiger partial charge on any atom is 0.273 e. The minimum atomic E-state index is -2.56. The second kappa shape index (κ2) is 2.65. The van der Waals surface area contributed by atoms with E-state index in [1.165, 1.54) is 0 Å². The Bertz CT molecular complexity index is 107. The minimum absolute atomic E-state index is 0.101. The maximum atomic E-state index is 12.3. The minimum Gasteiger partial charge on any atom is -0.371 e. The Morgan fingerprint density at radius 3 is 2.56 bits per heavy atom. The van der Waals surface area contributed by atoms with Crippen LogP contribution in [-0.4, -0.2) is 23.1 Å². The fourth-order valence-electron chi connectivity index (χ4n) is 0.790. The summed E-state index contributed by atoms with van der Waals surface area (Å²) in [5.41, 5.74) is 0. The Labute approximate surface area is 65.9 Å². The normalized spacial score (nSPS) is 33.0. The molecule has 0 spiro atoms. The van der Waals surface area contributed by atoms with E-state index in [1.807, 2.05) is 22.6 Å². The quantitative estimate of drug-likeness (QED) is 0.508. The van der Waals surface area contributed by atoms with Gasteiger partial charge in [0.05, 0.1) is 6.10 Å². The molecule has 1 aliphatic rings. The molecule has 54 valence electrons. The van der Waals surface area contributed by atoms with Crippen LogP contribution in [0.5, 0.6) is 0 Å². The maximum absolute atomic E-state index is 12.3. The van der Waals surface area contributed by atoms with Gasteiger partial charge in [0.15, 0.2) is 0 Å². The summed E-state index contributed by atoms with van der Waals surface area (Å²) in [6, 6.07) is 0. The van der Waals surface area contributed by atoms with Gasteiger partial charge in [-0.3, -0.25) is 0 Å². The van der Waals surface area contributed by atoms with E-state index in [4.69, 9.17) is 4.74 Å². The van der Waals surface area contributed by atoms with Crippen LogP contribution in [0.4, 0.5) is 8.78 Å². The topological polar surface area (TPSA) is 9.23 Å². The second-order valence-electron chi connectivity index (χ2n) is 2.15. The van der Waals surface area contributed by atoms with Gasteiger partial charge in [-0.25, -0.2) is 8.78 Å². The van der Waals surface area contributed by atoms with E-state index in [1.54, 1.807) is 0 Å². The number of halogens is 3. The van der Waals surface area contributed by atoms with Gasteiger partial charge < -0.3 is 4.74 Å². The van der Waals surface area contributed by atoms with Crippen LogP contribution in [0, 0.1) is 0 Å². The Morgan fingerprint density at radius 1 is 1.67 bits per heavy atom. The predicted molar refractivity (Wildman–Crippen MR) is 38.2 cm³/mol. The molecule has 0 aromatic rings. The zero-order valence-corrected chi connectivity index (χ0v) is 6.90. The van der Waals surface area contributed by atoms with Gasteiger partial charge in [-0.2, -0.15) is 0 Å². The van der Waals surface area contributed by atoms with E-state index in [2.05, 4.69) is 0 Å². The third kappa shape index (κ3) is 2.00. The molecule has 1 nitrogen and oxygen atoms in total. The van der Waals surface area contributed by atoms with Crippen LogP contribution >= 0.6 is 22.6 Å². The molecule has 9 heavy (non-hydrogen) atoms. The van der Waals surface area contributed by atoms with Crippen LogP contribution in [0.25, 0.3) is 0 Å². The molecule has 0 N–H and O–H groups in total. The zero-order valence-electron chi connectivity index (χ0n) is 4.74. The Kier molecular flexibility index (Phi) is 2.26. The van der Waals surface area contributed by atoms with Crippen molar-refractivity contribution in [3.63, 3.8) is 0 Å². The number of rotatable bonds is 1. The van der Waals surface area contributed by atoms with E-state index in [9.17, 15) is 8.78 Å². The molecule has 0 saturated carbocycles. The van der Waals surface area contributed by atoms with Gasteiger partial charge >= 0.3 is 0 Å². The fourth-order valence-corrected chi connectivity index (χ4v) is 1.36. The summed E-state index contributed by atoms with van der Waals surface area (Å²) in [4.78, 5) is 0.